The highest BCUT2D eigenvalue weighted by Gasteiger charge is 2.25. The lowest BCUT2D eigenvalue weighted by molar-refractivity contribution is -0.390. The van der Waals surface area contributed by atoms with Gasteiger partial charge in [0.2, 0.25) is 0 Å². The molecule has 0 aliphatic rings. The third kappa shape index (κ3) is 3.80. The molecule has 8 nitrogen and oxygen atoms in total. The molecule has 0 aliphatic heterocycles. The van der Waals surface area contributed by atoms with Gasteiger partial charge in [0, 0.05) is 0 Å². The highest BCUT2D eigenvalue weighted by Crippen LogP contribution is 2.30. The van der Waals surface area contributed by atoms with Gasteiger partial charge in [-0.25, -0.2) is 0 Å². The molecule has 0 atom stereocenters. The lowest BCUT2D eigenvalue weighted by Gasteiger charge is -2.12. The number of alkyl halides is 2. The van der Waals surface area contributed by atoms with Crippen LogP contribution in [0.2, 0.25) is 0 Å². The van der Waals surface area contributed by atoms with Crippen LogP contribution in [0.25, 0.3) is 0 Å². The van der Waals surface area contributed by atoms with Gasteiger partial charge < -0.3 is 20.2 Å². The maximum atomic E-state index is 12.4. The maximum Gasteiger partial charge on any atom is 0.387 e. The van der Waals surface area contributed by atoms with Crippen LogP contribution >= 0.6 is 15.9 Å². The molecular formula is C12H9BrF2N4O4. The van der Waals surface area contributed by atoms with Crippen LogP contribution in [0, 0.1) is 17.0 Å². The molecule has 0 saturated heterocycles. The molecule has 1 aromatic heterocycles. The fraction of sp³-hybridized carbons (Fsp3) is 0.167. The molecule has 0 unspecified atom stereocenters. The zero-order chi connectivity index (χ0) is 17.1. The highest BCUT2D eigenvalue weighted by molar-refractivity contribution is 9.10. The van der Waals surface area contributed by atoms with Crippen LogP contribution in [-0.2, 0) is 0 Å². The van der Waals surface area contributed by atoms with E-state index < -0.39 is 23.3 Å². The van der Waals surface area contributed by atoms with Crippen LogP contribution in [0.3, 0.4) is 0 Å². The molecule has 23 heavy (non-hydrogen) atoms. The van der Waals surface area contributed by atoms with E-state index in [0.717, 1.165) is 0 Å². The predicted octanol–water partition coefficient (Wildman–Crippen LogP) is 3.24. The molecule has 0 saturated carbocycles. The molecule has 122 valence electrons. The number of hydrogen-bond acceptors (Lipinski definition) is 5. The first-order valence-corrected chi connectivity index (χ1v) is 6.84. The Kier molecular flexibility index (Phi) is 4.89. The second-order valence-corrected chi connectivity index (χ2v) is 5.12. The number of aromatic amines is 1. The number of anilines is 1. The van der Waals surface area contributed by atoms with E-state index in [-0.39, 0.29) is 21.6 Å². The summed E-state index contributed by atoms with van der Waals surface area (Å²) in [6.07, 6.45) is 0. The minimum absolute atomic E-state index is 0.0153. The normalized spacial score (nSPS) is 10.7. The third-order valence-electron chi connectivity index (χ3n) is 2.69. The zero-order valence-corrected chi connectivity index (χ0v) is 13.1. The Morgan fingerprint density at radius 3 is 2.78 bits per heavy atom. The number of benzene rings is 1. The van der Waals surface area contributed by atoms with E-state index in [2.05, 4.69) is 36.2 Å². The largest absolute Gasteiger partial charge is 0.433 e. The Morgan fingerprint density at radius 1 is 1.52 bits per heavy atom. The zero-order valence-electron chi connectivity index (χ0n) is 11.5. The quantitative estimate of drug-likeness (QED) is 0.601. The van der Waals surface area contributed by atoms with Crippen LogP contribution in [0.4, 0.5) is 20.3 Å². The van der Waals surface area contributed by atoms with Crippen molar-refractivity contribution in [3.8, 4) is 5.75 Å². The minimum Gasteiger partial charge on any atom is -0.433 e. The fourth-order valence-electron chi connectivity index (χ4n) is 1.70. The molecule has 0 fully saturated rings. The standard InChI is InChI=1S/C12H9BrF2N4O4/c1-5-2-3-6(7(4-5)23-12(14)15)16-11(20)9-8(13)10(18-17-9)19(21)22/h2-4,12H,1H3,(H,16,20)(H,17,18). The second-order valence-electron chi connectivity index (χ2n) is 4.32. The molecule has 1 amide bonds. The molecule has 0 bridgehead atoms. The van der Waals surface area contributed by atoms with Crippen molar-refractivity contribution in [3.05, 3.63) is 44.0 Å². The predicted molar refractivity (Wildman–Crippen MR) is 78.7 cm³/mol. The molecule has 2 rings (SSSR count). The molecule has 0 aliphatic carbocycles. The van der Waals surface area contributed by atoms with E-state index in [1.54, 1.807) is 13.0 Å². The van der Waals surface area contributed by atoms with Gasteiger partial charge in [0.25, 0.3) is 5.91 Å². The van der Waals surface area contributed by atoms with Gasteiger partial charge in [0.1, 0.15) is 10.2 Å². The average Bonchev–Trinajstić information content (AvgIpc) is 2.83. The summed E-state index contributed by atoms with van der Waals surface area (Å²) in [5, 5.41) is 18.6. The van der Waals surface area contributed by atoms with Crippen LogP contribution in [-0.4, -0.2) is 27.6 Å². The molecule has 0 spiro atoms. The number of aryl methyl sites for hydroxylation is 1. The van der Waals surface area contributed by atoms with Crippen LogP contribution in [0.5, 0.6) is 5.75 Å². The summed E-state index contributed by atoms with van der Waals surface area (Å²) in [6.45, 7) is -1.40. The first-order chi connectivity index (χ1) is 10.8. The van der Waals surface area contributed by atoms with Gasteiger partial charge in [-0.15, -0.1) is 5.10 Å². The second kappa shape index (κ2) is 6.69. The molecule has 1 heterocycles. The van der Waals surface area contributed by atoms with E-state index in [1.165, 1.54) is 12.1 Å². The number of nitro groups is 1. The third-order valence-corrected chi connectivity index (χ3v) is 3.44. The Labute approximate surface area is 136 Å². The Morgan fingerprint density at radius 2 is 2.22 bits per heavy atom. The number of nitrogens with one attached hydrogen (secondary N) is 2. The SMILES string of the molecule is Cc1ccc(NC(=O)c2n[nH]c([N+](=O)[O-])c2Br)c(OC(F)F)c1. The Bertz CT molecular complexity index is 766. The van der Waals surface area contributed by atoms with Gasteiger partial charge in [0.15, 0.2) is 5.69 Å². The molecule has 1 aromatic carbocycles. The summed E-state index contributed by atoms with van der Waals surface area (Å²) in [5.74, 6) is -1.55. The van der Waals surface area contributed by atoms with Crippen LogP contribution < -0.4 is 10.1 Å². The van der Waals surface area contributed by atoms with Crippen molar-refractivity contribution in [1.29, 1.82) is 0 Å². The van der Waals surface area contributed by atoms with E-state index >= 15 is 0 Å². The molecule has 2 aromatic rings. The summed E-state index contributed by atoms with van der Waals surface area (Å²) >= 11 is 2.89. The van der Waals surface area contributed by atoms with Crippen molar-refractivity contribution < 1.29 is 23.2 Å². The number of aromatic nitrogens is 2. The first kappa shape index (κ1) is 16.8. The number of H-pyrrole nitrogens is 1. The summed E-state index contributed by atoms with van der Waals surface area (Å²) in [4.78, 5) is 22.0. The number of hydrogen-bond donors (Lipinski definition) is 2. The van der Waals surface area contributed by atoms with Crippen LogP contribution in [0.15, 0.2) is 22.7 Å². The lowest BCUT2D eigenvalue weighted by atomic mass is 10.2. The smallest absolute Gasteiger partial charge is 0.387 e. The minimum atomic E-state index is -3.06. The number of rotatable bonds is 5. The lowest BCUT2D eigenvalue weighted by Crippen LogP contribution is -2.15. The monoisotopic (exact) mass is 390 g/mol. The number of ether oxygens (including phenoxy) is 1. The van der Waals surface area contributed by atoms with Crippen molar-refractivity contribution in [2.45, 2.75) is 13.5 Å². The van der Waals surface area contributed by atoms with Crippen molar-refractivity contribution in [2.24, 2.45) is 0 Å². The molecular weight excluding hydrogens is 382 g/mol. The van der Waals surface area contributed by atoms with Crippen LogP contribution in [0.1, 0.15) is 16.1 Å². The number of halogens is 3. The van der Waals surface area contributed by atoms with Gasteiger partial charge in [0.05, 0.1) is 5.69 Å². The fourth-order valence-corrected chi connectivity index (χ4v) is 2.20. The van der Waals surface area contributed by atoms with Gasteiger partial charge in [-0.3, -0.25) is 4.79 Å². The average molecular weight is 391 g/mol. The van der Waals surface area contributed by atoms with E-state index in [4.69, 9.17) is 0 Å². The van der Waals surface area contributed by atoms with Gasteiger partial charge in [-0.1, -0.05) is 11.2 Å². The van der Waals surface area contributed by atoms with Gasteiger partial charge in [-0.2, -0.15) is 8.78 Å². The maximum absolute atomic E-state index is 12.4. The summed E-state index contributed by atoms with van der Waals surface area (Å²) in [5.41, 5.74) is 0.342. The van der Waals surface area contributed by atoms with E-state index in [9.17, 15) is 23.7 Å². The Balaban J connectivity index is 2.28. The summed E-state index contributed by atoms with van der Waals surface area (Å²) in [6, 6.07) is 4.28. The molecule has 0 radical (unpaired) electrons. The van der Waals surface area contributed by atoms with E-state index in [0.29, 0.717) is 5.56 Å². The van der Waals surface area contributed by atoms with Crippen molar-refractivity contribution in [1.82, 2.24) is 10.2 Å². The van der Waals surface area contributed by atoms with Crippen molar-refractivity contribution in [3.63, 3.8) is 0 Å². The number of carbonyl (C=O) groups excluding carboxylic acids is 1. The van der Waals surface area contributed by atoms with Gasteiger partial charge >= 0.3 is 12.4 Å². The van der Waals surface area contributed by atoms with Crippen molar-refractivity contribution in [2.75, 3.05) is 5.32 Å². The molecule has 2 N–H and O–H groups in total. The summed E-state index contributed by atoms with van der Waals surface area (Å²) < 4.78 is 29.0. The summed E-state index contributed by atoms with van der Waals surface area (Å²) in [7, 11) is 0. The topological polar surface area (TPSA) is 110 Å². The Hall–Kier alpha value is -2.56. The number of nitrogens with zero attached hydrogens (tertiary/aromatic N) is 2. The van der Waals surface area contributed by atoms with Crippen molar-refractivity contribution >= 4 is 33.3 Å². The van der Waals surface area contributed by atoms with Gasteiger partial charge in [-0.05, 0) is 45.5 Å². The molecule has 11 heteroatoms. The highest BCUT2D eigenvalue weighted by atomic mass is 79.9. The first-order valence-electron chi connectivity index (χ1n) is 6.04. The van der Waals surface area contributed by atoms with E-state index in [1.807, 2.05) is 0 Å². The number of amides is 1. The number of carbonyl (C=O) groups is 1.